The first-order valence-corrected chi connectivity index (χ1v) is 7.41. The minimum absolute atomic E-state index is 0. The first kappa shape index (κ1) is 23.1. The summed E-state index contributed by atoms with van der Waals surface area (Å²) in [5.74, 6) is -0.323. The van der Waals surface area contributed by atoms with Crippen molar-refractivity contribution in [2.45, 2.75) is 60.3 Å². The molecule has 128 valence electrons. The second-order valence-corrected chi connectivity index (χ2v) is 5.67. The van der Waals surface area contributed by atoms with Crippen molar-refractivity contribution in [1.82, 2.24) is 0 Å². The number of hydrogen-bond donors (Lipinski definition) is 1. The molecule has 0 spiro atoms. The zero-order chi connectivity index (χ0) is 16.6. The molecule has 0 aliphatic carbocycles. The zero-order valence-electron chi connectivity index (χ0n) is 14.6. The van der Waals surface area contributed by atoms with Crippen LogP contribution in [0.1, 0.15) is 71.4 Å². The van der Waals surface area contributed by atoms with Gasteiger partial charge in [0.2, 0.25) is 0 Å². The second kappa shape index (κ2) is 11.4. The molecule has 0 bridgehead atoms. The van der Waals surface area contributed by atoms with Crippen molar-refractivity contribution in [3.05, 3.63) is 35.7 Å². The van der Waals surface area contributed by atoms with Crippen molar-refractivity contribution < 1.29 is 26.4 Å². The molecule has 0 fully saturated rings. The van der Waals surface area contributed by atoms with Gasteiger partial charge in [0, 0.05) is 16.5 Å². The van der Waals surface area contributed by atoms with Crippen molar-refractivity contribution in [3.63, 3.8) is 0 Å². The van der Waals surface area contributed by atoms with Gasteiger partial charge in [0.15, 0.2) is 0 Å². The number of nitrogens with zero attached hydrogens (tertiary/aromatic N) is 1. The molecule has 0 aliphatic rings. The Hall–Kier alpha value is -1.15. The average Bonchev–Trinajstić information content (AvgIpc) is 2.39. The van der Waals surface area contributed by atoms with Gasteiger partial charge in [0.25, 0.3) is 0 Å². The molecule has 0 amide bonds. The summed E-state index contributed by atoms with van der Waals surface area (Å²) in [6.45, 7) is 13.9. The molecule has 3 nitrogen and oxygen atoms in total. The third-order valence-electron chi connectivity index (χ3n) is 2.93. The van der Waals surface area contributed by atoms with Crippen molar-refractivity contribution in [3.8, 4) is 0 Å². The van der Waals surface area contributed by atoms with Crippen molar-refractivity contribution in [1.29, 1.82) is 0 Å². The van der Waals surface area contributed by atoms with Crippen molar-refractivity contribution in [2.75, 3.05) is 0 Å². The number of para-hydroxylation sites is 1. The molecule has 0 radical (unpaired) electrons. The quantitative estimate of drug-likeness (QED) is 0.453. The topological polar surface area (TPSA) is 49.7 Å². The first-order valence-electron chi connectivity index (χ1n) is 7.41. The Balaban J connectivity index is 0. The summed E-state index contributed by atoms with van der Waals surface area (Å²) in [4.78, 5) is 15.3. The molecule has 0 heterocycles. The Bertz CT molecular complexity index is 468. The standard InChI is InChI=1S/C15H21NO2.C3H7.Ni/c1-9(2)12-7-6-8-13(10(3)4)14(12)16-11(5)15(17)18;1-3-2;/h6-10H,1-5H3,(H,17,18);3H,1-2H3;/q;-1;. The Morgan fingerprint density at radius 2 is 1.45 bits per heavy atom. The fourth-order valence-corrected chi connectivity index (χ4v) is 1.86. The van der Waals surface area contributed by atoms with E-state index in [1.54, 1.807) is 0 Å². The molecule has 0 atom stereocenters. The van der Waals surface area contributed by atoms with E-state index in [9.17, 15) is 4.79 Å². The smallest absolute Gasteiger partial charge is 0.349 e. The minimum atomic E-state index is -0.969. The molecule has 0 unspecified atom stereocenters. The van der Waals surface area contributed by atoms with Gasteiger partial charge in [-0.3, -0.25) is 0 Å². The fourth-order valence-electron chi connectivity index (χ4n) is 1.86. The van der Waals surface area contributed by atoms with Crippen LogP contribution in [0.3, 0.4) is 0 Å². The molecule has 0 saturated heterocycles. The summed E-state index contributed by atoms with van der Waals surface area (Å²) in [6.07, 6.45) is 2.00. The normalized spacial score (nSPS) is 10.9. The number of aliphatic imine (C=N–C) groups is 1. The molecule has 0 aliphatic heterocycles. The van der Waals surface area contributed by atoms with E-state index < -0.39 is 5.97 Å². The molecule has 0 saturated carbocycles. The van der Waals surface area contributed by atoms with Crippen LogP contribution < -0.4 is 0 Å². The second-order valence-electron chi connectivity index (χ2n) is 5.67. The van der Waals surface area contributed by atoms with E-state index in [4.69, 9.17) is 5.11 Å². The van der Waals surface area contributed by atoms with Gasteiger partial charge in [-0.2, -0.15) is 13.8 Å². The Morgan fingerprint density at radius 1 is 1.09 bits per heavy atom. The van der Waals surface area contributed by atoms with Crippen LogP contribution in [0.25, 0.3) is 0 Å². The number of rotatable bonds is 4. The van der Waals surface area contributed by atoms with Gasteiger partial charge in [-0.05, 0) is 29.9 Å². The van der Waals surface area contributed by atoms with Gasteiger partial charge < -0.3 is 11.5 Å². The van der Waals surface area contributed by atoms with E-state index in [1.807, 2.05) is 38.5 Å². The number of carboxylic acid groups (broad SMARTS) is 1. The summed E-state index contributed by atoms with van der Waals surface area (Å²) in [5.41, 5.74) is 3.15. The van der Waals surface area contributed by atoms with E-state index in [0.29, 0.717) is 11.8 Å². The molecule has 4 heteroatoms. The Kier molecular flexibility index (Phi) is 12.0. The number of hydrogen-bond acceptors (Lipinski definition) is 2. The van der Waals surface area contributed by atoms with Crippen molar-refractivity contribution in [2.24, 2.45) is 4.99 Å². The van der Waals surface area contributed by atoms with Crippen LogP contribution in [-0.4, -0.2) is 16.8 Å². The minimum Gasteiger partial charge on any atom is -0.477 e. The van der Waals surface area contributed by atoms with Crippen molar-refractivity contribution >= 4 is 17.4 Å². The van der Waals surface area contributed by atoms with Gasteiger partial charge in [0.05, 0.1) is 5.69 Å². The van der Waals surface area contributed by atoms with E-state index in [-0.39, 0.29) is 22.2 Å². The summed E-state index contributed by atoms with van der Waals surface area (Å²) < 4.78 is 0. The average molecular weight is 349 g/mol. The van der Waals surface area contributed by atoms with Gasteiger partial charge in [-0.25, -0.2) is 9.79 Å². The van der Waals surface area contributed by atoms with Gasteiger partial charge >= 0.3 is 5.97 Å². The van der Waals surface area contributed by atoms with E-state index in [1.165, 1.54) is 6.92 Å². The molecule has 1 aromatic carbocycles. The summed E-state index contributed by atoms with van der Waals surface area (Å²) in [7, 11) is 0. The maximum atomic E-state index is 10.9. The maximum absolute atomic E-state index is 10.9. The van der Waals surface area contributed by atoms with E-state index >= 15 is 0 Å². The molecular formula is C18H28NNiO2-. The molecule has 22 heavy (non-hydrogen) atoms. The molecule has 1 N–H and O–H groups in total. The number of benzene rings is 1. The molecular weight excluding hydrogens is 321 g/mol. The number of aliphatic carboxylic acids is 1. The van der Waals surface area contributed by atoms with Crippen LogP contribution in [0.2, 0.25) is 0 Å². The molecule has 1 rings (SSSR count). The first-order chi connectivity index (χ1) is 9.76. The third-order valence-corrected chi connectivity index (χ3v) is 2.93. The fraction of sp³-hybridized carbons (Fsp3) is 0.500. The monoisotopic (exact) mass is 348 g/mol. The van der Waals surface area contributed by atoms with Gasteiger partial charge in [-0.15, -0.1) is 0 Å². The zero-order valence-corrected chi connectivity index (χ0v) is 15.6. The van der Waals surface area contributed by atoms with Gasteiger partial charge in [0.1, 0.15) is 5.71 Å². The summed E-state index contributed by atoms with van der Waals surface area (Å²) in [5, 5.41) is 8.97. The van der Waals surface area contributed by atoms with Crippen LogP contribution >= 0.6 is 0 Å². The predicted molar refractivity (Wildman–Crippen MR) is 90.7 cm³/mol. The molecule has 1 aromatic rings. The summed E-state index contributed by atoms with van der Waals surface area (Å²) in [6, 6.07) is 6.05. The molecule has 0 aromatic heterocycles. The Morgan fingerprint density at radius 3 is 1.73 bits per heavy atom. The largest absolute Gasteiger partial charge is 0.477 e. The number of carbonyl (C=O) groups is 1. The third kappa shape index (κ3) is 7.22. The predicted octanol–water partition coefficient (Wildman–Crippen LogP) is 5.34. The van der Waals surface area contributed by atoms with Crippen LogP contribution in [0, 0.1) is 6.42 Å². The van der Waals surface area contributed by atoms with Gasteiger partial charge in [-0.1, -0.05) is 45.9 Å². The SMILES string of the molecule is CC(=Nc1c(C(C)C)cccc1C(C)C)C(=O)O.C[CH-]C.[Ni]. The van der Waals surface area contributed by atoms with Crippen LogP contribution in [-0.2, 0) is 21.3 Å². The van der Waals surface area contributed by atoms with Crippen LogP contribution in [0.15, 0.2) is 23.2 Å². The maximum Gasteiger partial charge on any atom is 0.349 e. The van der Waals surface area contributed by atoms with E-state index in [0.717, 1.165) is 16.8 Å². The van der Waals surface area contributed by atoms with E-state index in [2.05, 4.69) is 32.7 Å². The summed E-state index contributed by atoms with van der Waals surface area (Å²) >= 11 is 0. The van der Waals surface area contributed by atoms with Crippen LogP contribution in [0.5, 0.6) is 0 Å². The Labute approximate surface area is 145 Å². The number of carboxylic acids is 1. The van der Waals surface area contributed by atoms with Crippen LogP contribution in [0.4, 0.5) is 5.69 Å².